The van der Waals surface area contributed by atoms with Gasteiger partial charge in [0.25, 0.3) is 5.91 Å². The largest absolute Gasteiger partial charge is 0.494 e. The van der Waals surface area contributed by atoms with E-state index in [0.29, 0.717) is 65.4 Å². The lowest BCUT2D eigenvalue weighted by Crippen LogP contribution is -2.50. The Balaban J connectivity index is 1.51. The monoisotopic (exact) mass is 646 g/mol. The number of rotatable bonds is 14. The average molecular weight is 648 g/mol. The van der Waals surface area contributed by atoms with Crippen molar-refractivity contribution < 1.29 is 24.1 Å². The maximum Gasteiger partial charge on any atom is 0.252 e. The first-order chi connectivity index (χ1) is 21.9. The Morgan fingerprint density at radius 3 is 2.47 bits per heavy atom. The molecule has 4 aromatic carbocycles. The minimum absolute atomic E-state index is 0.0575. The molecule has 0 saturated heterocycles. The number of aliphatic imine (C=N–C) groups is 1. The molecule has 1 amide bonds. The van der Waals surface area contributed by atoms with Gasteiger partial charge in [-0.2, -0.15) is 0 Å². The third-order valence-corrected chi connectivity index (χ3v) is 8.11. The van der Waals surface area contributed by atoms with E-state index in [0.717, 1.165) is 16.9 Å². The normalized spacial score (nSPS) is 17.3. The van der Waals surface area contributed by atoms with Crippen molar-refractivity contribution in [3.8, 4) is 11.5 Å². The number of para-hydroxylation sites is 1. The van der Waals surface area contributed by atoms with Gasteiger partial charge in [-0.15, -0.1) is 0 Å². The number of aliphatic hydroxyl groups excluding tert-OH is 1. The zero-order chi connectivity index (χ0) is 31.6. The van der Waals surface area contributed by atoms with E-state index in [1.165, 1.54) is 0 Å². The van der Waals surface area contributed by atoms with Gasteiger partial charge in [0.1, 0.15) is 11.5 Å². The quantitative estimate of drug-likeness (QED) is 0.144. The van der Waals surface area contributed by atoms with Crippen molar-refractivity contribution in [2.24, 2.45) is 4.99 Å². The number of ether oxygens (including phenoxy) is 3. The van der Waals surface area contributed by atoms with Crippen LogP contribution in [0.3, 0.4) is 0 Å². The number of hydrogen-bond acceptors (Lipinski definition) is 6. The van der Waals surface area contributed by atoms with Gasteiger partial charge in [0, 0.05) is 47.2 Å². The van der Waals surface area contributed by atoms with Crippen molar-refractivity contribution in [2.75, 3.05) is 26.4 Å². The standard InChI is InChI=1S/C36H36Cl2N2O5/c1-2-43-32-12-7-6-11-26(32)19-20-39-35(42)36(24-25-9-4-3-5-10-25)33(30-18-15-28(37)23-31(30)38)45-34(40-36)27-13-16-29(17-14-27)44-22-8-21-41/h3-7,9-18,23,33,41H,2,8,19-22,24H2,1H3,(H,39,42)/t33-,36-/m1/s1. The summed E-state index contributed by atoms with van der Waals surface area (Å²) < 4.78 is 18.1. The summed E-state index contributed by atoms with van der Waals surface area (Å²) in [5.74, 6) is 1.49. The SMILES string of the molecule is CCOc1ccccc1CCNC(=O)[C@]1(Cc2ccccc2)N=C(c2ccc(OCCCO)cc2)O[C@@H]1c1ccc(Cl)cc1Cl. The molecule has 0 radical (unpaired) electrons. The van der Waals surface area contributed by atoms with E-state index >= 15 is 0 Å². The highest BCUT2D eigenvalue weighted by Gasteiger charge is 2.53. The number of carbonyl (C=O) groups is 1. The van der Waals surface area contributed by atoms with E-state index in [1.807, 2.05) is 85.8 Å². The number of hydrogen-bond donors (Lipinski definition) is 2. The van der Waals surface area contributed by atoms with Gasteiger partial charge >= 0.3 is 0 Å². The van der Waals surface area contributed by atoms with Gasteiger partial charge in [-0.05, 0) is 66.9 Å². The van der Waals surface area contributed by atoms with Crippen LogP contribution in [0.4, 0.5) is 0 Å². The van der Waals surface area contributed by atoms with Crippen LogP contribution in [0, 0.1) is 0 Å². The highest BCUT2D eigenvalue weighted by molar-refractivity contribution is 6.35. The number of amides is 1. The fourth-order valence-electron chi connectivity index (χ4n) is 5.35. The smallest absolute Gasteiger partial charge is 0.252 e. The number of benzene rings is 4. The van der Waals surface area contributed by atoms with E-state index in [9.17, 15) is 4.79 Å². The molecule has 45 heavy (non-hydrogen) atoms. The zero-order valence-corrected chi connectivity index (χ0v) is 26.6. The van der Waals surface area contributed by atoms with Crippen LogP contribution in [0.2, 0.25) is 10.0 Å². The third-order valence-electron chi connectivity index (χ3n) is 7.54. The number of nitrogens with zero attached hydrogens (tertiary/aromatic N) is 1. The van der Waals surface area contributed by atoms with Crippen LogP contribution < -0.4 is 14.8 Å². The molecule has 0 bridgehead atoms. The molecule has 1 heterocycles. The van der Waals surface area contributed by atoms with Crippen molar-refractivity contribution in [3.05, 3.63) is 129 Å². The molecule has 0 aliphatic carbocycles. The molecule has 2 N–H and O–H groups in total. The summed E-state index contributed by atoms with van der Waals surface area (Å²) in [5.41, 5.74) is 1.83. The van der Waals surface area contributed by atoms with Crippen molar-refractivity contribution in [3.63, 3.8) is 0 Å². The van der Waals surface area contributed by atoms with Crippen LogP contribution in [0.15, 0.2) is 102 Å². The fourth-order valence-corrected chi connectivity index (χ4v) is 5.86. The summed E-state index contributed by atoms with van der Waals surface area (Å²) in [6.07, 6.45) is 0.541. The number of carbonyl (C=O) groups excluding carboxylic acids is 1. The summed E-state index contributed by atoms with van der Waals surface area (Å²) in [5, 5.41) is 13.1. The van der Waals surface area contributed by atoms with Crippen LogP contribution in [0.25, 0.3) is 0 Å². The third kappa shape index (κ3) is 7.79. The van der Waals surface area contributed by atoms with Crippen molar-refractivity contribution >= 4 is 35.0 Å². The van der Waals surface area contributed by atoms with E-state index in [2.05, 4.69) is 5.32 Å². The molecule has 0 fully saturated rings. The zero-order valence-electron chi connectivity index (χ0n) is 25.0. The molecule has 0 saturated carbocycles. The highest BCUT2D eigenvalue weighted by Crippen LogP contribution is 2.45. The van der Waals surface area contributed by atoms with Gasteiger partial charge in [0.15, 0.2) is 11.6 Å². The Morgan fingerprint density at radius 2 is 1.73 bits per heavy atom. The Kier molecular flexibility index (Phi) is 11.0. The summed E-state index contributed by atoms with van der Waals surface area (Å²) >= 11 is 13.0. The lowest BCUT2D eigenvalue weighted by atomic mass is 9.82. The molecule has 5 rings (SSSR count). The molecule has 1 aliphatic heterocycles. The number of nitrogens with one attached hydrogen (secondary N) is 1. The van der Waals surface area contributed by atoms with Gasteiger partial charge < -0.3 is 24.6 Å². The molecular weight excluding hydrogens is 611 g/mol. The highest BCUT2D eigenvalue weighted by atomic mass is 35.5. The van der Waals surface area contributed by atoms with E-state index < -0.39 is 11.6 Å². The maximum atomic E-state index is 14.5. The maximum absolute atomic E-state index is 14.5. The second kappa shape index (κ2) is 15.3. The first-order valence-electron chi connectivity index (χ1n) is 15.0. The molecule has 1 aliphatic rings. The summed E-state index contributed by atoms with van der Waals surface area (Å²) in [6, 6.07) is 30.1. The lowest BCUT2D eigenvalue weighted by molar-refractivity contribution is -0.128. The van der Waals surface area contributed by atoms with Crippen LogP contribution in [-0.4, -0.2) is 48.8 Å². The Morgan fingerprint density at radius 1 is 0.978 bits per heavy atom. The minimum Gasteiger partial charge on any atom is -0.494 e. The first-order valence-corrected chi connectivity index (χ1v) is 15.8. The molecule has 0 aromatic heterocycles. The van der Waals surface area contributed by atoms with Crippen LogP contribution >= 0.6 is 23.2 Å². The van der Waals surface area contributed by atoms with E-state index in [-0.39, 0.29) is 18.9 Å². The topological polar surface area (TPSA) is 89.4 Å². The summed E-state index contributed by atoms with van der Waals surface area (Å²) in [7, 11) is 0. The van der Waals surface area contributed by atoms with Crippen LogP contribution in [0.1, 0.15) is 41.7 Å². The molecule has 4 aromatic rings. The summed E-state index contributed by atoms with van der Waals surface area (Å²) in [6.45, 7) is 3.33. The van der Waals surface area contributed by atoms with Gasteiger partial charge in [0.2, 0.25) is 5.90 Å². The summed E-state index contributed by atoms with van der Waals surface area (Å²) in [4.78, 5) is 19.5. The number of halogens is 2. The Labute approximate surface area is 273 Å². The Hall–Kier alpha value is -4.04. The molecule has 7 nitrogen and oxygen atoms in total. The van der Waals surface area contributed by atoms with Crippen LogP contribution in [0.5, 0.6) is 11.5 Å². The molecule has 0 spiro atoms. The average Bonchev–Trinajstić information content (AvgIpc) is 3.43. The Bertz CT molecular complexity index is 1610. The molecule has 9 heteroatoms. The molecule has 0 unspecified atom stereocenters. The van der Waals surface area contributed by atoms with Gasteiger partial charge in [-0.3, -0.25) is 4.79 Å². The van der Waals surface area contributed by atoms with Crippen molar-refractivity contribution in [1.29, 1.82) is 0 Å². The van der Waals surface area contributed by atoms with Crippen LogP contribution in [-0.2, 0) is 22.4 Å². The van der Waals surface area contributed by atoms with Gasteiger partial charge in [-0.25, -0.2) is 4.99 Å². The predicted octanol–water partition coefficient (Wildman–Crippen LogP) is 7.01. The fraction of sp³-hybridized carbons (Fsp3) is 0.278. The number of aliphatic hydroxyl groups is 1. The van der Waals surface area contributed by atoms with Gasteiger partial charge in [0.05, 0.1) is 13.2 Å². The molecule has 234 valence electrons. The minimum atomic E-state index is -1.39. The van der Waals surface area contributed by atoms with Crippen molar-refractivity contribution in [2.45, 2.75) is 37.8 Å². The first kappa shape index (κ1) is 32.4. The lowest BCUT2D eigenvalue weighted by Gasteiger charge is -2.31. The van der Waals surface area contributed by atoms with E-state index in [1.54, 1.807) is 18.2 Å². The predicted molar refractivity (Wildman–Crippen MR) is 178 cm³/mol. The molecular formula is C36H36Cl2N2O5. The van der Waals surface area contributed by atoms with Crippen molar-refractivity contribution in [1.82, 2.24) is 5.32 Å². The van der Waals surface area contributed by atoms with Gasteiger partial charge in [-0.1, -0.05) is 77.8 Å². The van der Waals surface area contributed by atoms with E-state index in [4.69, 9.17) is 47.5 Å². The second-order valence-corrected chi connectivity index (χ2v) is 11.5. The second-order valence-electron chi connectivity index (χ2n) is 10.7. The molecule has 2 atom stereocenters.